The van der Waals surface area contributed by atoms with Crippen LogP contribution in [0.1, 0.15) is 23.1 Å². The number of amides is 1. The molecule has 27 heavy (non-hydrogen) atoms. The molecule has 0 unspecified atom stereocenters. The van der Waals surface area contributed by atoms with Gasteiger partial charge in [-0.3, -0.25) is 9.69 Å². The van der Waals surface area contributed by atoms with Gasteiger partial charge in [0.1, 0.15) is 5.75 Å². The zero-order chi connectivity index (χ0) is 19.5. The lowest BCUT2D eigenvalue weighted by Crippen LogP contribution is -2.33. The van der Waals surface area contributed by atoms with Gasteiger partial charge in [0, 0.05) is 13.1 Å². The first-order valence-electron chi connectivity index (χ1n) is 9.23. The molecule has 2 aromatic carbocycles. The number of likely N-dealkylation sites (N-methyl/N-ethyl adjacent to an activating group) is 1. The molecule has 0 bridgehead atoms. The number of terminal acetylenes is 1. The van der Waals surface area contributed by atoms with Gasteiger partial charge in [0.2, 0.25) is 5.91 Å². The van der Waals surface area contributed by atoms with Gasteiger partial charge in [0.15, 0.2) is 0 Å². The average molecular weight is 364 g/mol. The number of nitrogens with one attached hydrogen (secondary N) is 1. The van der Waals surface area contributed by atoms with Crippen molar-refractivity contribution < 1.29 is 9.53 Å². The average Bonchev–Trinajstić information content (AvgIpc) is 2.65. The summed E-state index contributed by atoms with van der Waals surface area (Å²) in [6, 6.07) is 16.5. The van der Waals surface area contributed by atoms with Crippen molar-refractivity contribution in [1.82, 2.24) is 10.2 Å². The van der Waals surface area contributed by atoms with E-state index >= 15 is 0 Å². The standard InChI is InChI=1S/C23H28N2O2/c1-4-15-25(3)16-14-24-23(26)13-17-27-22-11-9-20(10-12-22)18-21-8-6-5-7-19(21)2/h1,5-12H,13-18H2,2-3H3,(H,24,26). The minimum absolute atomic E-state index is 0.0136. The van der Waals surface area contributed by atoms with Crippen molar-refractivity contribution in [1.29, 1.82) is 0 Å². The predicted molar refractivity (Wildman–Crippen MR) is 110 cm³/mol. The molecule has 1 N–H and O–H groups in total. The summed E-state index contributed by atoms with van der Waals surface area (Å²) < 4.78 is 5.67. The van der Waals surface area contributed by atoms with E-state index in [0.717, 1.165) is 18.7 Å². The number of ether oxygens (including phenoxy) is 1. The molecule has 0 fully saturated rings. The summed E-state index contributed by atoms with van der Waals surface area (Å²) in [5, 5.41) is 2.87. The lowest BCUT2D eigenvalue weighted by atomic mass is 10.0. The quantitative estimate of drug-likeness (QED) is 0.659. The van der Waals surface area contributed by atoms with E-state index in [1.165, 1.54) is 16.7 Å². The van der Waals surface area contributed by atoms with E-state index in [9.17, 15) is 4.79 Å². The number of hydrogen-bond acceptors (Lipinski definition) is 3. The Labute approximate surface area is 162 Å². The molecule has 0 heterocycles. The Kier molecular flexibility index (Phi) is 8.41. The Morgan fingerprint density at radius 3 is 2.63 bits per heavy atom. The second-order valence-electron chi connectivity index (χ2n) is 6.64. The van der Waals surface area contributed by atoms with Gasteiger partial charge < -0.3 is 10.1 Å². The van der Waals surface area contributed by atoms with Crippen LogP contribution in [-0.4, -0.2) is 44.1 Å². The molecule has 0 aliphatic carbocycles. The Hall–Kier alpha value is -2.77. The fourth-order valence-corrected chi connectivity index (χ4v) is 2.70. The SMILES string of the molecule is C#CCN(C)CCNC(=O)CCOc1ccc(Cc2ccccc2C)cc1. The molecule has 0 spiro atoms. The van der Waals surface area contributed by atoms with Crippen LogP contribution in [-0.2, 0) is 11.2 Å². The number of carbonyl (C=O) groups is 1. The van der Waals surface area contributed by atoms with Gasteiger partial charge in [-0.25, -0.2) is 0 Å². The van der Waals surface area contributed by atoms with E-state index in [2.05, 4.69) is 54.6 Å². The van der Waals surface area contributed by atoms with Crippen LogP contribution in [0.2, 0.25) is 0 Å². The van der Waals surface area contributed by atoms with E-state index in [-0.39, 0.29) is 5.91 Å². The van der Waals surface area contributed by atoms with Crippen molar-refractivity contribution in [2.24, 2.45) is 0 Å². The van der Waals surface area contributed by atoms with Gasteiger partial charge in [-0.1, -0.05) is 42.3 Å². The Balaban J connectivity index is 1.68. The van der Waals surface area contributed by atoms with Crippen LogP contribution >= 0.6 is 0 Å². The molecule has 0 radical (unpaired) electrons. The van der Waals surface area contributed by atoms with Gasteiger partial charge in [-0.2, -0.15) is 0 Å². The van der Waals surface area contributed by atoms with E-state index in [1.807, 2.05) is 24.1 Å². The summed E-state index contributed by atoms with van der Waals surface area (Å²) in [7, 11) is 1.93. The van der Waals surface area contributed by atoms with Crippen LogP contribution in [0.5, 0.6) is 5.75 Å². The van der Waals surface area contributed by atoms with Gasteiger partial charge >= 0.3 is 0 Å². The van der Waals surface area contributed by atoms with Crippen molar-refractivity contribution in [2.45, 2.75) is 19.8 Å². The number of benzene rings is 2. The Morgan fingerprint density at radius 1 is 1.19 bits per heavy atom. The molecule has 0 saturated heterocycles. The Morgan fingerprint density at radius 2 is 1.93 bits per heavy atom. The van der Waals surface area contributed by atoms with Crippen LogP contribution in [0, 0.1) is 19.3 Å². The number of rotatable bonds is 10. The molecule has 0 aliphatic heterocycles. The van der Waals surface area contributed by atoms with Crippen molar-refractivity contribution in [3.8, 4) is 18.1 Å². The topological polar surface area (TPSA) is 41.6 Å². The molecular weight excluding hydrogens is 336 g/mol. The number of nitrogens with zero attached hydrogens (tertiary/aromatic N) is 1. The highest BCUT2D eigenvalue weighted by molar-refractivity contribution is 5.75. The number of hydrogen-bond donors (Lipinski definition) is 1. The minimum Gasteiger partial charge on any atom is -0.493 e. The molecule has 1 amide bonds. The Bertz CT molecular complexity index is 763. The maximum absolute atomic E-state index is 11.8. The van der Waals surface area contributed by atoms with E-state index < -0.39 is 0 Å². The van der Waals surface area contributed by atoms with Crippen molar-refractivity contribution in [3.05, 3.63) is 65.2 Å². The lowest BCUT2D eigenvalue weighted by molar-refractivity contribution is -0.121. The van der Waals surface area contributed by atoms with Crippen LogP contribution in [0.15, 0.2) is 48.5 Å². The van der Waals surface area contributed by atoms with Crippen molar-refractivity contribution >= 4 is 5.91 Å². The van der Waals surface area contributed by atoms with E-state index in [4.69, 9.17) is 11.2 Å². The number of aryl methyl sites for hydroxylation is 1. The minimum atomic E-state index is -0.0136. The highest BCUT2D eigenvalue weighted by Crippen LogP contribution is 2.17. The summed E-state index contributed by atoms with van der Waals surface area (Å²) in [4.78, 5) is 13.8. The van der Waals surface area contributed by atoms with Gasteiger partial charge in [-0.15, -0.1) is 6.42 Å². The maximum atomic E-state index is 11.8. The third kappa shape index (κ3) is 7.55. The third-order valence-corrected chi connectivity index (χ3v) is 4.35. The fourth-order valence-electron chi connectivity index (χ4n) is 2.70. The predicted octanol–water partition coefficient (Wildman–Crippen LogP) is 3.04. The summed E-state index contributed by atoms with van der Waals surface area (Å²) in [5.74, 6) is 3.34. The highest BCUT2D eigenvalue weighted by Gasteiger charge is 2.04. The monoisotopic (exact) mass is 364 g/mol. The molecule has 4 nitrogen and oxygen atoms in total. The fraction of sp³-hybridized carbons (Fsp3) is 0.348. The van der Waals surface area contributed by atoms with Crippen LogP contribution in [0.4, 0.5) is 0 Å². The lowest BCUT2D eigenvalue weighted by Gasteiger charge is -2.13. The van der Waals surface area contributed by atoms with E-state index in [0.29, 0.717) is 26.1 Å². The second kappa shape index (κ2) is 11.1. The van der Waals surface area contributed by atoms with Crippen LogP contribution in [0.25, 0.3) is 0 Å². The maximum Gasteiger partial charge on any atom is 0.223 e. The smallest absolute Gasteiger partial charge is 0.223 e. The second-order valence-corrected chi connectivity index (χ2v) is 6.64. The zero-order valence-corrected chi connectivity index (χ0v) is 16.2. The van der Waals surface area contributed by atoms with Crippen molar-refractivity contribution in [3.63, 3.8) is 0 Å². The molecule has 0 aliphatic rings. The first kappa shape index (κ1) is 20.5. The van der Waals surface area contributed by atoms with Crippen LogP contribution < -0.4 is 10.1 Å². The molecule has 142 valence electrons. The summed E-state index contributed by atoms with van der Waals surface area (Å²) in [5.41, 5.74) is 3.87. The molecular formula is C23H28N2O2. The largest absolute Gasteiger partial charge is 0.493 e. The molecule has 0 atom stereocenters. The van der Waals surface area contributed by atoms with Gasteiger partial charge in [-0.05, 0) is 49.2 Å². The van der Waals surface area contributed by atoms with E-state index in [1.54, 1.807) is 0 Å². The summed E-state index contributed by atoms with van der Waals surface area (Å²) in [6.45, 7) is 4.40. The van der Waals surface area contributed by atoms with Crippen LogP contribution in [0.3, 0.4) is 0 Å². The first-order valence-corrected chi connectivity index (χ1v) is 9.23. The first-order chi connectivity index (χ1) is 13.1. The highest BCUT2D eigenvalue weighted by atomic mass is 16.5. The summed E-state index contributed by atoms with van der Waals surface area (Å²) >= 11 is 0. The van der Waals surface area contributed by atoms with Crippen molar-refractivity contribution in [2.75, 3.05) is 33.3 Å². The molecule has 2 aromatic rings. The summed E-state index contributed by atoms with van der Waals surface area (Å²) in [6.07, 6.45) is 6.48. The van der Waals surface area contributed by atoms with Gasteiger partial charge in [0.25, 0.3) is 0 Å². The van der Waals surface area contributed by atoms with Gasteiger partial charge in [0.05, 0.1) is 19.6 Å². The normalized spacial score (nSPS) is 10.4. The zero-order valence-electron chi connectivity index (χ0n) is 16.2. The third-order valence-electron chi connectivity index (χ3n) is 4.35. The molecule has 2 rings (SSSR count). The molecule has 0 saturated carbocycles. The molecule has 4 heteroatoms. The number of carbonyl (C=O) groups excluding carboxylic acids is 1. The molecule has 0 aromatic heterocycles.